The van der Waals surface area contributed by atoms with Crippen LogP contribution in [0.15, 0.2) is 76.4 Å². The molecule has 9 nitrogen and oxygen atoms in total. The minimum Gasteiger partial charge on any atom is -0.489 e. The fourth-order valence-corrected chi connectivity index (χ4v) is 6.04. The molecule has 0 aromatic heterocycles. The number of sulfonamides is 1. The van der Waals surface area contributed by atoms with E-state index in [-0.39, 0.29) is 35.9 Å². The molecule has 198 valence electrons. The summed E-state index contributed by atoms with van der Waals surface area (Å²) in [6, 6.07) is 6.18. The normalized spacial score (nSPS) is 20.4. The summed E-state index contributed by atoms with van der Waals surface area (Å²) in [7, 11) is -0.825. The van der Waals surface area contributed by atoms with E-state index >= 15 is 0 Å². The van der Waals surface area contributed by atoms with Crippen LogP contribution in [0.2, 0.25) is 0 Å². The zero-order chi connectivity index (χ0) is 27.0. The highest BCUT2D eigenvalue weighted by molar-refractivity contribution is 7.89. The van der Waals surface area contributed by atoms with Gasteiger partial charge in [0.1, 0.15) is 12.4 Å². The summed E-state index contributed by atoms with van der Waals surface area (Å²) < 4.78 is 39.5. The summed E-state index contributed by atoms with van der Waals surface area (Å²) in [6.45, 7) is 5.72. The molecule has 1 fully saturated rings. The Balaban J connectivity index is 1.45. The summed E-state index contributed by atoms with van der Waals surface area (Å²) in [5.74, 6) is -0.632. The number of nitrogens with one attached hydrogen (secondary N) is 1. The van der Waals surface area contributed by atoms with Crippen LogP contribution in [0.3, 0.4) is 0 Å². The van der Waals surface area contributed by atoms with Crippen LogP contribution in [0.4, 0.5) is 0 Å². The molecule has 4 rings (SSSR count). The third-order valence-corrected chi connectivity index (χ3v) is 8.44. The first-order valence-electron chi connectivity index (χ1n) is 12.1. The van der Waals surface area contributed by atoms with Crippen molar-refractivity contribution >= 4 is 21.9 Å². The molecule has 1 aromatic rings. The number of likely N-dealkylation sites (N-methyl/N-ethyl adjacent to an activating group) is 1. The molecule has 0 bridgehead atoms. The molecule has 1 aromatic carbocycles. The highest BCUT2D eigenvalue weighted by atomic mass is 32.2. The first kappa shape index (κ1) is 26.7. The molecule has 3 aliphatic rings. The minimum atomic E-state index is -4.07. The Morgan fingerprint density at radius 3 is 2.46 bits per heavy atom. The van der Waals surface area contributed by atoms with Gasteiger partial charge in [0.25, 0.3) is 0 Å². The quantitative estimate of drug-likeness (QED) is 0.518. The Hall–Kier alpha value is -3.37. The number of rotatable bonds is 8. The average molecular weight is 528 g/mol. The number of likely N-dealkylation sites (tertiary alicyclic amines) is 1. The number of nitrogens with zero attached hydrogens (tertiary/aromatic N) is 2. The minimum absolute atomic E-state index is 0.0192. The molecule has 1 saturated heterocycles. The largest absolute Gasteiger partial charge is 0.489 e. The Morgan fingerprint density at radius 1 is 1.16 bits per heavy atom. The highest BCUT2D eigenvalue weighted by Gasteiger charge is 2.54. The molecule has 10 heteroatoms. The van der Waals surface area contributed by atoms with Crippen LogP contribution >= 0.6 is 0 Å². The molecular formula is C27H33N3O6S. The van der Waals surface area contributed by atoms with E-state index in [0.29, 0.717) is 12.4 Å². The SMILES string of the molecule is COC(=O)C1(NS(=O)(=O)c2ccc(OCC3=C4C=CC=CC4N(C)C(C)=C3)cc2)CN(C(=O)C(C)C)C1. The lowest BCUT2D eigenvalue weighted by atomic mass is 9.90. The topological polar surface area (TPSA) is 105 Å². The molecular weight excluding hydrogens is 494 g/mol. The lowest BCUT2D eigenvalue weighted by Gasteiger charge is -2.48. The molecule has 1 N–H and O–H groups in total. The van der Waals surface area contributed by atoms with Crippen LogP contribution < -0.4 is 9.46 Å². The monoisotopic (exact) mass is 527 g/mol. The van der Waals surface area contributed by atoms with Crippen molar-refractivity contribution in [3.8, 4) is 5.75 Å². The van der Waals surface area contributed by atoms with E-state index in [2.05, 4.69) is 41.8 Å². The van der Waals surface area contributed by atoms with E-state index in [0.717, 1.165) is 16.8 Å². The third-order valence-electron chi connectivity index (χ3n) is 6.89. The number of benzene rings is 1. The highest BCUT2D eigenvalue weighted by Crippen LogP contribution is 2.30. The van der Waals surface area contributed by atoms with Gasteiger partial charge < -0.3 is 19.3 Å². The number of amides is 1. The number of hydrogen-bond donors (Lipinski definition) is 1. The molecule has 2 aliphatic heterocycles. The fraction of sp³-hybridized carbons (Fsp3) is 0.407. The first-order chi connectivity index (χ1) is 17.5. The van der Waals surface area contributed by atoms with Crippen LogP contribution in [0.5, 0.6) is 5.75 Å². The van der Waals surface area contributed by atoms with Crippen molar-refractivity contribution in [1.82, 2.24) is 14.5 Å². The van der Waals surface area contributed by atoms with Gasteiger partial charge in [0, 0.05) is 18.7 Å². The third kappa shape index (κ3) is 5.21. The maximum atomic E-state index is 13.1. The van der Waals surface area contributed by atoms with Gasteiger partial charge in [0.2, 0.25) is 15.9 Å². The second-order valence-corrected chi connectivity index (χ2v) is 11.5. The van der Waals surface area contributed by atoms with Crippen LogP contribution in [0, 0.1) is 5.92 Å². The molecule has 1 unspecified atom stereocenters. The summed E-state index contributed by atoms with van der Waals surface area (Å²) in [5.41, 5.74) is 1.84. The van der Waals surface area contributed by atoms with Gasteiger partial charge in [-0.1, -0.05) is 38.2 Å². The number of ether oxygens (including phenoxy) is 2. The molecule has 0 radical (unpaired) electrons. The van der Waals surface area contributed by atoms with Gasteiger partial charge >= 0.3 is 5.97 Å². The zero-order valence-electron chi connectivity index (χ0n) is 21.7. The summed E-state index contributed by atoms with van der Waals surface area (Å²) >= 11 is 0. The van der Waals surface area contributed by atoms with Crippen molar-refractivity contribution in [2.24, 2.45) is 5.92 Å². The Bertz CT molecular complexity index is 1300. The number of fused-ring (bicyclic) bond motifs is 1. The van der Waals surface area contributed by atoms with Crippen LogP contribution in [-0.2, 0) is 24.3 Å². The Morgan fingerprint density at radius 2 is 1.84 bits per heavy atom. The van der Waals surface area contributed by atoms with Gasteiger partial charge in [-0.05, 0) is 48.4 Å². The standard InChI is InChI=1S/C27H33N3O6S/c1-18(2)25(31)30-16-27(17-30,26(32)35-5)28-37(33,34)22-12-10-21(11-13-22)36-15-20-14-19(3)29(4)24-9-7-6-8-23(20)24/h6-14,18,24,28H,15-17H2,1-5H3. The molecule has 1 aliphatic carbocycles. The summed E-state index contributed by atoms with van der Waals surface area (Å²) in [4.78, 5) is 28.3. The molecule has 37 heavy (non-hydrogen) atoms. The average Bonchev–Trinajstić information content (AvgIpc) is 2.86. The van der Waals surface area contributed by atoms with Crippen LogP contribution in [0.1, 0.15) is 20.8 Å². The molecule has 0 saturated carbocycles. The van der Waals surface area contributed by atoms with E-state index < -0.39 is 21.5 Å². The first-order valence-corrected chi connectivity index (χ1v) is 13.6. The number of carbonyl (C=O) groups excluding carboxylic acids is 2. The summed E-state index contributed by atoms with van der Waals surface area (Å²) in [5, 5.41) is 0. The van der Waals surface area contributed by atoms with Crippen LogP contribution in [0.25, 0.3) is 0 Å². The zero-order valence-corrected chi connectivity index (χ0v) is 22.5. The van der Waals surface area contributed by atoms with E-state index in [9.17, 15) is 18.0 Å². The van der Waals surface area contributed by atoms with Crippen molar-refractivity contribution in [2.75, 3.05) is 33.9 Å². The number of allylic oxidation sites excluding steroid dienone is 3. The van der Waals surface area contributed by atoms with Gasteiger partial charge in [0.05, 0.1) is 31.1 Å². The van der Waals surface area contributed by atoms with Crippen LogP contribution in [-0.4, -0.2) is 75.5 Å². The van der Waals surface area contributed by atoms with E-state index in [1.54, 1.807) is 26.0 Å². The number of esters is 1. The smallest absolute Gasteiger partial charge is 0.330 e. The number of methoxy groups -OCH3 is 1. The van der Waals surface area contributed by atoms with Gasteiger partial charge in [-0.3, -0.25) is 4.79 Å². The molecule has 2 heterocycles. The predicted molar refractivity (Wildman–Crippen MR) is 139 cm³/mol. The molecule has 1 atom stereocenters. The van der Waals surface area contributed by atoms with E-state index in [1.807, 2.05) is 12.2 Å². The maximum Gasteiger partial charge on any atom is 0.330 e. The van der Waals surface area contributed by atoms with Gasteiger partial charge in [0.15, 0.2) is 5.54 Å². The second-order valence-electron chi connectivity index (χ2n) is 9.85. The van der Waals surface area contributed by atoms with Gasteiger partial charge in [-0.25, -0.2) is 13.2 Å². The number of hydrogen-bond acceptors (Lipinski definition) is 7. The fourth-order valence-electron chi connectivity index (χ4n) is 4.70. The Kier molecular flexibility index (Phi) is 7.34. The van der Waals surface area contributed by atoms with Crippen molar-refractivity contribution in [3.63, 3.8) is 0 Å². The molecule has 0 spiro atoms. The second kappa shape index (κ2) is 10.2. The van der Waals surface area contributed by atoms with Crippen molar-refractivity contribution < 1.29 is 27.5 Å². The van der Waals surface area contributed by atoms with E-state index in [1.165, 1.54) is 24.1 Å². The van der Waals surface area contributed by atoms with Crippen molar-refractivity contribution in [2.45, 2.75) is 37.2 Å². The lowest BCUT2D eigenvalue weighted by molar-refractivity contribution is -0.161. The lowest BCUT2D eigenvalue weighted by Crippen LogP contribution is -2.75. The Labute approximate surface area is 218 Å². The van der Waals surface area contributed by atoms with Gasteiger partial charge in [-0.2, -0.15) is 4.72 Å². The summed E-state index contributed by atoms with van der Waals surface area (Å²) in [6.07, 6.45) is 10.3. The maximum absolute atomic E-state index is 13.1. The number of carbonyl (C=O) groups is 2. The van der Waals surface area contributed by atoms with Crippen molar-refractivity contribution in [1.29, 1.82) is 0 Å². The van der Waals surface area contributed by atoms with Gasteiger partial charge in [-0.15, -0.1) is 0 Å². The van der Waals surface area contributed by atoms with E-state index in [4.69, 9.17) is 9.47 Å². The van der Waals surface area contributed by atoms with Crippen molar-refractivity contribution in [3.05, 3.63) is 71.5 Å². The molecule has 1 amide bonds. The predicted octanol–water partition coefficient (Wildman–Crippen LogP) is 2.39.